The van der Waals surface area contributed by atoms with E-state index in [0.717, 1.165) is 24.5 Å². The molecule has 1 unspecified atom stereocenters. The van der Waals surface area contributed by atoms with Crippen LogP contribution in [0, 0.1) is 0 Å². The summed E-state index contributed by atoms with van der Waals surface area (Å²) in [4.78, 5) is 29.6. The van der Waals surface area contributed by atoms with Gasteiger partial charge < -0.3 is 26.0 Å². The Labute approximate surface area is 183 Å². The molecule has 1 heterocycles. The first-order chi connectivity index (χ1) is 12.7. The second-order valence-corrected chi connectivity index (χ2v) is 7.54. The van der Waals surface area contributed by atoms with E-state index in [-0.39, 0.29) is 30.0 Å². The molecule has 1 fully saturated rings. The number of hydrogen-bond acceptors (Lipinski definition) is 4. The van der Waals surface area contributed by atoms with Crippen molar-refractivity contribution in [1.82, 2.24) is 15.5 Å². The third-order valence-corrected chi connectivity index (χ3v) is 4.08. The van der Waals surface area contributed by atoms with E-state index in [1.807, 2.05) is 26.8 Å². The number of benzene rings is 1. The number of aliphatic imine (C=N–C) groups is 1. The van der Waals surface area contributed by atoms with Crippen LogP contribution in [0.2, 0.25) is 0 Å². The summed E-state index contributed by atoms with van der Waals surface area (Å²) in [5.74, 6) is 0.296. The van der Waals surface area contributed by atoms with Crippen molar-refractivity contribution in [3.63, 3.8) is 0 Å². The Hall–Kier alpha value is -2.04. The SMILES string of the molecule is CN=C(NCc1cccc(C(N)=O)c1)N1CCC(NC(=O)OC(C)(C)C)C1.I. The van der Waals surface area contributed by atoms with Gasteiger partial charge in [-0.3, -0.25) is 9.79 Å². The molecule has 156 valence electrons. The molecule has 0 spiro atoms. The third kappa shape index (κ3) is 7.53. The lowest BCUT2D eigenvalue weighted by atomic mass is 10.1. The van der Waals surface area contributed by atoms with Crippen LogP contribution >= 0.6 is 24.0 Å². The molecule has 28 heavy (non-hydrogen) atoms. The quantitative estimate of drug-likeness (QED) is 0.331. The van der Waals surface area contributed by atoms with E-state index < -0.39 is 17.6 Å². The van der Waals surface area contributed by atoms with Crippen LogP contribution in [0.5, 0.6) is 0 Å². The van der Waals surface area contributed by atoms with Crippen molar-refractivity contribution < 1.29 is 14.3 Å². The van der Waals surface area contributed by atoms with E-state index in [1.54, 1.807) is 25.2 Å². The van der Waals surface area contributed by atoms with Crippen LogP contribution in [0.4, 0.5) is 4.79 Å². The van der Waals surface area contributed by atoms with Gasteiger partial charge in [0, 0.05) is 32.2 Å². The predicted octanol–water partition coefficient (Wildman–Crippen LogP) is 2.08. The number of nitrogens with zero attached hydrogens (tertiary/aromatic N) is 2. The van der Waals surface area contributed by atoms with Crippen molar-refractivity contribution in [1.29, 1.82) is 0 Å². The number of likely N-dealkylation sites (tertiary alicyclic amines) is 1. The molecule has 2 amide bonds. The molecule has 8 nitrogen and oxygen atoms in total. The molecule has 9 heteroatoms. The average molecular weight is 503 g/mol. The van der Waals surface area contributed by atoms with Crippen LogP contribution in [-0.4, -0.2) is 54.6 Å². The van der Waals surface area contributed by atoms with Gasteiger partial charge in [0.2, 0.25) is 5.91 Å². The number of alkyl carbamates (subject to hydrolysis) is 1. The van der Waals surface area contributed by atoms with E-state index in [1.165, 1.54) is 0 Å². The number of amides is 2. The van der Waals surface area contributed by atoms with Crippen LogP contribution in [0.1, 0.15) is 43.1 Å². The molecule has 0 bridgehead atoms. The smallest absolute Gasteiger partial charge is 0.407 e. The number of ether oxygens (including phenoxy) is 1. The molecule has 0 aliphatic carbocycles. The first kappa shape index (κ1) is 24.0. The van der Waals surface area contributed by atoms with Crippen molar-refractivity contribution in [3.8, 4) is 0 Å². The highest BCUT2D eigenvalue weighted by molar-refractivity contribution is 14.0. The lowest BCUT2D eigenvalue weighted by Crippen LogP contribution is -2.44. The highest BCUT2D eigenvalue weighted by atomic mass is 127. The van der Waals surface area contributed by atoms with Crippen LogP contribution in [-0.2, 0) is 11.3 Å². The van der Waals surface area contributed by atoms with Gasteiger partial charge in [0.25, 0.3) is 0 Å². The molecule has 0 saturated carbocycles. The van der Waals surface area contributed by atoms with Crippen molar-refractivity contribution in [2.24, 2.45) is 10.7 Å². The van der Waals surface area contributed by atoms with E-state index in [9.17, 15) is 9.59 Å². The molecule has 1 aromatic rings. The van der Waals surface area contributed by atoms with Gasteiger partial charge in [0.1, 0.15) is 5.60 Å². The topological polar surface area (TPSA) is 109 Å². The average Bonchev–Trinajstić information content (AvgIpc) is 3.02. The standard InChI is InChI=1S/C19H29N5O3.HI/c1-19(2,3)27-18(26)23-15-8-9-24(12-15)17(21-4)22-11-13-6-5-7-14(10-13)16(20)25;/h5-7,10,15H,8-9,11-12H2,1-4H3,(H2,20,25)(H,21,22)(H,23,26);1H. The molecule has 4 N–H and O–H groups in total. The molecule has 1 aliphatic rings. The summed E-state index contributed by atoms with van der Waals surface area (Å²) in [5.41, 5.74) is 6.23. The van der Waals surface area contributed by atoms with E-state index >= 15 is 0 Å². The van der Waals surface area contributed by atoms with Crippen LogP contribution in [0.25, 0.3) is 0 Å². The van der Waals surface area contributed by atoms with Crippen molar-refractivity contribution in [2.45, 2.75) is 45.4 Å². The molecular weight excluding hydrogens is 473 g/mol. The van der Waals surface area contributed by atoms with E-state index in [4.69, 9.17) is 10.5 Å². The Morgan fingerprint density at radius 3 is 2.68 bits per heavy atom. The van der Waals surface area contributed by atoms with E-state index in [2.05, 4.69) is 20.5 Å². The monoisotopic (exact) mass is 503 g/mol. The van der Waals surface area contributed by atoms with Gasteiger partial charge in [0.15, 0.2) is 5.96 Å². The van der Waals surface area contributed by atoms with Crippen LogP contribution < -0.4 is 16.4 Å². The molecule has 0 aromatic heterocycles. The number of guanidine groups is 1. The minimum atomic E-state index is -0.514. The molecule has 2 rings (SSSR count). The Bertz CT molecular complexity index is 718. The van der Waals surface area contributed by atoms with Gasteiger partial charge in [-0.05, 0) is 44.9 Å². The molecule has 0 radical (unpaired) electrons. The highest BCUT2D eigenvalue weighted by Gasteiger charge is 2.27. The van der Waals surface area contributed by atoms with Crippen molar-refractivity contribution in [3.05, 3.63) is 35.4 Å². The number of halogens is 1. The fraction of sp³-hybridized carbons (Fsp3) is 0.526. The number of carbonyl (C=O) groups is 2. The van der Waals surface area contributed by atoms with Gasteiger partial charge in [0.05, 0.1) is 6.04 Å². The first-order valence-electron chi connectivity index (χ1n) is 9.02. The maximum absolute atomic E-state index is 11.9. The summed E-state index contributed by atoms with van der Waals surface area (Å²) in [5, 5.41) is 6.19. The summed E-state index contributed by atoms with van der Waals surface area (Å²) in [6.45, 7) is 7.47. The fourth-order valence-corrected chi connectivity index (χ4v) is 2.89. The lowest BCUT2D eigenvalue weighted by molar-refractivity contribution is 0.0507. The Morgan fingerprint density at radius 1 is 1.36 bits per heavy atom. The van der Waals surface area contributed by atoms with Crippen molar-refractivity contribution >= 4 is 41.9 Å². The maximum Gasteiger partial charge on any atom is 0.407 e. The summed E-state index contributed by atoms with van der Waals surface area (Å²) < 4.78 is 5.31. The fourth-order valence-electron chi connectivity index (χ4n) is 2.89. The largest absolute Gasteiger partial charge is 0.444 e. The van der Waals surface area contributed by atoms with Crippen molar-refractivity contribution in [2.75, 3.05) is 20.1 Å². The molecule has 1 saturated heterocycles. The predicted molar refractivity (Wildman–Crippen MR) is 120 cm³/mol. The lowest BCUT2D eigenvalue weighted by Gasteiger charge is -2.23. The number of rotatable bonds is 4. The number of primary amides is 1. The molecule has 1 atom stereocenters. The van der Waals surface area contributed by atoms with Crippen LogP contribution in [0.3, 0.4) is 0 Å². The summed E-state index contributed by atoms with van der Waals surface area (Å²) in [7, 11) is 1.72. The number of nitrogens with one attached hydrogen (secondary N) is 2. The third-order valence-electron chi connectivity index (χ3n) is 4.08. The molecule has 1 aromatic carbocycles. The number of carbonyl (C=O) groups excluding carboxylic acids is 2. The Morgan fingerprint density at radius 2 is 2.07 bits per heavy atom. The molecular formula is C19H30IN5O3. The van der Waals surface area contributed by atoms with Crippen LogP contribution in [0.15, 0.2) is 29.3 Å². The van der Waals surface area contributed by atoms with Gasteiger partial charge in [-0.25, -0.2) is 4.79 Å². The molecule has 1 aliphatic heterocycles. The Balaban J connectivity index is 0.00000392. The zero-order chi connectivity index (χ0) is 20.0. The van der Waals surface area contributed by atoms with Gasteiger partial charge >= 0.3 is 6.09 Å². The minimum absolute atomic E-state index is 0. The van der Waals surface area contributed by atoms with Gasteiger partial charge in [-0.1, -0.05) is 12.1 Å². The second-order valence-electron chi connectivity index (χ2n) is 7.54. The summed E-state index contributed by atoms with van der Waals surface area (Å²) >= 11 is 0. The Kier molecular flexibility index (Phi) is 8.99. The minimum Gasteiger partial charge on any atom is -0.444 e. The second kappa shape index (κ2) is 10.5. The summed E-state index contributed by atoms with van der Waals surface area (Å²) in [6, 6.07) is 7.18. The van der Waals surface area contributed by atoms with Gasteiger partial charge in [-0.15, -0.1) is 24.0 Å². The van der Waals surface area contributed by atoms with E-state index in [0.29, 0.717) is 18.7 Å². The number of nitrogens with two attached hydrogens (primary N) is 1. The highest BCUT2D eigenvalue weighted by Crippen LogP contribution is 2.12. The summed E-state index contributed by atoms with van der Waals surface area (Å²) in [6.07, 6.45) is 0.414. The zero-order valence-electron chi connectivity index (χ0n) is 16.8. The van der Waals surface area contributed by atoms with Gasteiger partial charge in [-0.2, -0.15) is 0 Å². The normalized spacial score (nSPS) is 16.9. The number of hydrogen-bond donors (Lipinski definition) is 3. The maximum atomic E-state index is 11.9. The zero-order valence-corrected chi connectivity index (χ0v) is 19.2. The first-order valence-corrected chi connectivity index (χ1v) is 9.02.